The number of imide groups is 1. The number of methoxy groups -OCH3 is 1. The van der Waals surface area contributed by atoms with Crippen LogP contribution in [-0.4, -0.2) is 64.1 Å². The molecular weight excluding hydrogens is 652 g/mol. The fourth-order valence-electron chi connectivity index (χ4n) is 6.29. The van der Waals surface area contributed by atoms with Crippen molar-refractivity contribution >= 4 is 58.7 Å². The summed E-state index contributed by atoms with van der Waals surface area (Å²) in [7, 11) is -0.254. The van der Waals surface area contributed by atoms with Crippen molar-refractivity contribution in [3.05, 3.63) is 62.3 Å². The maximum atomic E-state index is 13.7. The van der Waals surface area contributed by atoms with Crippen LogP contribution in [0.5, 0.6) is 11.5 Å². The van der Waals surface area contributed by atoms with E-state index in [0.29, 0.717) is 40.6 Å². The normalized spacial score (nSPS) is 21.6. The zero-order valence-electron chi connectivity index (χ0n) is 24.0. The quantitative estimate of drug-likeness (QED) is 0.105. The highest BCUT2D eigenvalue weighted by Crippen LogP contribution is 2.48. The van der Waals surface area contributed by atoms with Crippen LogP contribution in [0.15, 0.2) is 53.1 Å². The van der Waals surface area contributed by atoms with Gasteiger partial charge in [0.2, 0.25) is 11.8 Å². The summed E-state index contributed by atoms with van der Waals surface area (Å²) in [4.78, 5) is 28.4. The lowest BCUT2D eigenvalue weighted by atomic mass is 9.67. The number of hydrogen-bond acceptors (Lipinski definition) is 8. The van der Waals surface area contributed by atoms with Gasteiger partial charge in [0.1, 0.15) is 0 Å². The number of hydrogen-bond donors (Lipinski definition) is 5. The molecule has 2 aromatic rings. The van der Waals surface area contributed by atoms with Gasteiger partial charge < -0.3 is 30.1 Å². The Kier molecular flexibility index (Phi) is 10.5. The third-order valence-corrected chi connectivity index (χ3v) is 9.04. The van der Waals surface area contributed by atoms with E-state index >= 15 is 0 Å². The molecule has 4 rings (SSSR count). The first-order valence-corrected chi connectivity index (χ1v) is 15.2. The number of nitrogens with zero attached hydrogens (tertiary/aromatic N) is 1. The number of aliphatic hydroxyl groups excluding tert-OH is 2. The standard InChI is InChI=1S/C31H37BINO8/c1-4-6-19-14-22-28(31(39)34(30(22)38)21-8-5-7-20(15-21)32(40)41)23(16-35)27(19)25(36)10-9-17(2)11-18-12-24(33)29(37)26(13-18)42-3/h5,7-8,11-13,15,22-23,25,28,35-37,40-41H,4,6,9-10,14,16H2,1-3H3/b17-11+/t22-,23+,25-,28-/m1/s1. The minimum Gasteiger partial charge on any atom is -0.504 e. The number of amides is 2. The third-order valence-electron chi connectivity index (χ3n) is 8.21. The second-order valence-corrected chi connectivity index (χ2v) is 12.2. The lowest BCUT2D eigenvalue weighted by molar-refractivity contribution is -0.123. The van der Waals surface area contributed by atoms with Crippen molar-refractivity contribution in [2.45, 2.75) is 52.1 Å². The number of allylic oxidation sites excluding steroid dienone is 2. The summed E-state index contributed by atoms with van der Waals surface area (Å²) in [6, 6.07) is 9.61. The van der Waals surface area contributed by atoms with Crippen molar-refractivity contribution in [3.63, 3.8) is 0 Å². The summed E-state index contributed by atoms with van der Waals surface area (Å²) in [5, 5.41) is 51.4. The average molecular weight is 689 g/mol. The van der Waals surface area contributed by atoms with Crippen LogP contribution in [0.3, 0.4) is 0 Å². The first kappa shape index (κ1) is 32.2. The molecule has 1 heterocycles. The minimum absolute atomic E-state index is 0.0848. The average Bonchev–Trinajstić information content (AvgIpc) is 3.21. The number of fused-ring (bicyclic) bond motifs is 1. The number of carbonyl (C=O) groups is 2. The molecule has 2 aliphatic rings. The molecule has 0 radical (unpaired) electrons. The Balaban J connectivity index is 1.59. The highest BCUT2D eigenvalue weighted by atomic mass is 127. The zero-order chi connectivity index (χ0) is 30.7. The molecule has 1 aliphatic heterocycles. The van der Waals surface area contributed by atoms with Crippen LogP contribution in [0.2, 0.25) is 0 Å². The highest BCUT2D eigenvalue weighted by Gasteiger charge is 2.55. The van der Waals surface area contributed by atoms with Gasteiger partial charge >= 0.3 is 7.12 Å². The zero-order valence-corrected chi connectivity index (χ0v) is 26.1. The van der Waals surface area contributed by atoms with Crippen LogP contribution in [0.25, 0.3) is 6.08 Å². The number of benzene rings is 2. The molecule has 0 spiro atoms. The number of carbonyl (C=O) groups excluding carboxylic acids is 2. The fraction of sp³-hybridized carbons (Fsp3) is 0.419. The number of ether oxygens (including phenoxy) is 1. The van der Waals surface area contributed by atoms with Crippen molar-refractivity contribution in [1.82, 2.24) is 0 Å². The van der Waals surface area contributed by atoms with Gasteiger partial charge in [-0.25, -0.2) is 0 Å². The fourth-order valence-corrected chi connectivity index (χ4v) is 6.91. The first-order chi connectivity index (χ1) is 20.0. The number of rotatable bonds is 11. The Morgan fingerprint density at radius 3 is 2.60 bits per heavy atom. The van der Waals surface area contributed by atoms with E-state index in [1.165, 1.54) is 19.2 Å². The van der Waals surface area contributed by atoms with Gasteiger partial charge in [0.25, 0.3) is 0 Å². The van der Waals surface area contributed by atoms with E-state index in [1.807, 2.05) is 48.6 Å². The molecule has 2 aromatic carbocycles. The maximum absolute atomic E-state index is 13.7. The lowest BCUT2D eigenvalue weighted by Gasteiger charge is -2.36. The topological polar surface area (TPSA) is 148 Å². The summed E-state index contributed by atoms with van der Waals surface area (Å²) in [5.74, 6) is -2.57. The molecule has 11 heteroatoms. The van der Waals surface area contributed by atoms with Gasteiger partial charge in [-0.1, -0.05) is 42.7 Å². The van der Waals surface area contributed by atoms with E-state index in [1.54, 1.807) is 18.2 Å². The predicted octanol–water partition coefficient (Wildman–Crippen LogP) is 3.14. The second kappa shape index (κ2) is 13.7. The number of aromatic hydroxyl groups is 1. The number of anilines is 1. The van der Waals surface area contributed by atoms with Gasteiger partial charge in [-0.15, -0.1) is 0 Å². The molecule has 5 N–H and O–H groups in total. The highest BCUT2D eigenvalue weighted by molar-refractivity contribution is 14.1. The number of aliphatic hydroxyl groups is 2. The smallest absolute Gasteiger partial charge is 0.488 e. The summed E-state index contributed by atoms with van der Waals surface area (Å²) in [5.41, 5.74) is 3.82. The van der Waals surface area contributed by atoms with Gasteiger partial charge in [0, 0.05) is 5.92 Å². The molecule has 1 fully saturated rings. The Bertz CT molecular complexity index is 1410. The Morgan fingerprint density at radius 1 is 1.21 bits per heavy atom. The van der Waals surface area contributed by atoms with Gasteiger partial charge in [-0.2, -0.15) is 0 Å². The van der Waals surface area contributed by atoms with Crippen molar-refractivity contribution in [2.75, 3.05) is 18.6 Å². The van der Waals surface area contributed by atoms with E-state index in [2.05, 4.69) is 0 Å². The molecule has 1 aliphatic carbocycles. The van der Waals surface area contributed by atoms with Crippen LogP contribution >= 0.6 is 22.6 Å². The van der Waals surface area contributed by atoms with Crippen LogP contribution in [0, 0.1) is 21.3 Å². The summed E-state index contributed by atoms with van der Waals surface area (Å²) in [6.45, 7) is 3.58. The second-order valence-electron chi connectivity index (χ2n) is 11.0. The molecule has 0 unspecified atom stereocenters. The predicted molar refractivity (Wildman–Crippen MR) is 169 cm³/mol. The van der Waals surface area contributed by atoms with E-state index in [-0.39, 0.29) is 29.4 Å². The SMILES string of the molecule is CCCC1=C([C@H](O)CC/C(C)=C/c2cc(I)c(O)c(OC)c2)[C@H](CO)[C@@H]2C(=O)N(c3cccc(B(O)O)c3)C(=O)[C@@H]2C1. The Morgan fingerprint density at radius 2 is 1.95 bits per heavy atom. The third kappa shape index (κ3) is 6.45. The van der Waals surface area contributed by atoms with Gasteiger partial charge in [-0.05, 0) is 96.1 Å². The van der Waals surface area contributed by atoms with Gasteiger partial charge in [-0.3, -0.25) is 14.5 Å². The molecule has 0 bridgehead atoms. The maximum Gasteiger partial charge on any atom is 0.488 e. The number of phenols is 1. The minimum atomic E-state index is -1.75. The van der Waals surface area contributed by atoms with Crippen LogP contribution in [0.4, 0.5) is 5.69 Å². The van der Waals surface area contributed by atoms with Gasteiger partial charge in [0.05, 0.1) is 40.9 Å². The van der Waals surface area contributed by atoms with Crippen molar-refractivity contribution in [3.8, 4) is 11.5 Å². The molecule has 1 saturated heterocycles. The molecule has 0 saturated carbocycles. The van der Waals surface area contributed by atoms with E-state index in [4.69, 9.17) is 4.74 Å². The largest absolute Gasteiger partial charge is 0.504 e. The molecule has 9 nitrogen and oxygen atoms in total. The lowest BCUT2D eigenvalue weighted by Crippen LogP contribution is -2.39. The molecule has 2 amide bonds. The Labute approximate surface area is 259 Å². The summed E-state index contributed by atoms with van der Waals surface area (Å²) >= 11 is 2.04. The van der Waals surface area contributed by atoms with E-state index < -0.39 is 36.9 Å². The van der Waals surface area contributed by atoms with Gasteiger partial charge in [0.15, 0.2) is 11.5 Å². The molecule has 42 heavy (non-hydrogen) atoms. The summed E-state index contributed by atoms with van der Waals surface area (Å²) < 4.78 is 5.92. The molecule has 0 aromatic heterocycles. The Hall–Kier alpha value is -2.71. The van der Waals surface area contributed by atoms with Crippen LogP contribution < -0.4 is 15.1 Å². The van der Waals surface area contributed by atoms with Crippen molar-refractivity contribution in [1.29, 1.82) is 0 Å². The van der Waals surface area contributed by atoms with Crippen molar-refractivity contribution in [2.24, 2.45) is 17.8 Å². The van der Waals surface area contributed by atoms with Crippen LogP contribution in [-0.2, 0) is 9.59 Å². The van der Waals surface area contributed by atoms with Crippen molar-refractivity contribution < 1.29 is 39.7 Å². The number of phenolic OH excluding ortho intramolecular Hbond substituents is 1. The molecule has 224 valence electrons. The monoisotopic (exact) mass is 689 g/mol. The van der Waals surface area contributed by atoms with E-state index in [9.17, 15) is 35.0 Å². The molecule has 4 atom stereocenters. The number of halogens is 1. The van der Waals surface area contributed by atoms with Crippen LogP contribution in [0.1, 0.15) is 51.5 Å². The molecular formula is C31H37BINO8. The summed E-state index contributed by atoms with van der Waals surface area (Å²) in [6.07, 6.45) is 3.72. The van der Waals surface area contributed by atoms with E-state index in [0.717, 1.165) is 28.0 Å². The first-order valence-electron chi connectivity index (χ1n) is 14.1.